The topological polar surface area (TPSA) is 60.2 Å². The van der Waals surface area contributed by atoms with E-state index in [1.807, 2.05) is 26.0 Å². The van der Waals surface area contributed by atoms with Crippen molar-refractivity contribution in [2.75, 3.05) is 11.1 Å². The number of nitrogens with two attached hydrogens (primary N) is 1. The van der Waals surface area contributed by atoms with E-state index in [0.29, 0.717) is 11.6 Å². The maximum absolute atomic E-state index is 5.85. The van der Waals surface area contributed by atoms with E-state index < -0.39 is 0 Å². The highest BCUT2D eigenvalue weighted by atomic mass is 32.1. The van der Waals surface area contributed by atoms with Crippen LogP contribution in [0.25, 0.3) is 0 Å². The maximum Gasteiger partial charge on any atom is 0.239 e. The fraction of sp³-hybridized carbons (Fsp3) is 0.357. The number of hydrogen-bond acceptors (Lipinski definition) is 5. The zero-order valence-corrected chi connectivity index (χ0v) is 12.2. The molecule has 0 amide bonds. The van der Waals surface area contributed by atoms with Crippen LogP contribution >= 0.6 is 11.3 Å². The minimum absolute atomic E-state index is 0.0550. The predicted molar refractivity (Wildman–Crippen MR) is 80.8 cm³/mol. The van der Waals surface area contributed by atoms with Crippen LogP contribution in [0, 0.1) is 0 Å². The van der Waals surface area contributed by atoms with Gasteiger partial charge in [0.2, 0.25) is 5.88 Å². The fourth-order valence-electron chi connectivity index (χ4n) is 1.68. The Bertz CT molecular complexity index is 525. The third-order valence-corrected chi connectivity index (χ3v) is 3.35. The number of nitrogens with zero attached hydrogens (tertiary/aromatic N) is 1. The van der Waals surface area contributed by atoms with Gasteiger partial charge in [0, 0.05) is 0 Å². The summed E-state index contributed by atoms with van der Waals surface area (Å²) in [6.07, 6.45) is 0.0550. The van der Waals surface area contributed by atoms with Gasteiger partial charge >= 0.3 is 0 Å². The molecule has 3 N–H and O–H groups in total. The van der Waals surface area contributed by atoms with E-state index in [4.69, 9.17) is 10.5 Å². The lowest BCUT2D eigenvalue weighted by atomic mass is 10.2. The van der Waals surface area contributed by atoms with Crippen molar-refractivity contribution in [3.63, 3.8) is 0 Å². The summed E-state index contributed by atoms with van der Waals surface area (Å²) in [6, 6.07) is 5.98. The molecular weight excluding hydrogens is 258 g/mol. The lowest BCUT2D eigenvalue weighted by molar-refractivity contribution is 0.234. The number of nitrogens with one attached hydrogen (secondary N) is 1. The highest BCUT2D eigenvalue weighted by Crippen LogP contribution is 2.25. The fourth-order valence-corrected chi connectivity index (χ4v) is 2.43. The van der Waals surface area contributed by atoms with Gasteiger partial charge in [0.15, 0.2) is 0 Å². The van der Waals surface area contributed by atoms with Crippen LogP contribution in [0.5, 0.6) is 5.88 Å². The SMILES string of the molecule is CC(C)Oc1nc(NC(C)c2ccsc2)ccc1N. The molecule has 0 aliphatic carbocycles. The third kappa shape index (κ3) is 3.61. The largest absolute Gasteiger partial charge is 0.473 e. The quantitative estimate of drug-likeness (QED) is 0.875. The molecule has 2 aromatic heterocycles. The number of thiophene rings is 1. The highest BCUT2D eigenvalue weighted by Gasteiger charge is 2.10. The number of hydrogen-bond donors (Lipinski definition) is 2. The summed E-state index contributed by atoms with van der Waals surface area (Å²) in [5.74, 6) is 1.25. The van der Waals surface area contributed by atoms with Gasteiger partial charge in [-0.25, -0.2) is 0 Å². The van der Waals surface area contributed by atoms with Crippen molar-refractivity contribution in [1.82, 2.24) is 4.98 Å². The molecular formula is C14H19N3OS. The zero-order chi connectivity index (χ0) is 13.8. The normalized spacial score (nSPS) is 12.4. The molecule has 0 aliphatic heterocycles. The van der Waals surface area contributed by atoms with E-state index in [1.54, 1.807) is 11.3 Å². The molecule has 5 heteroatoms. The summed E-state index contributed by atoms with van der Waals surface area (Å²) < 4.78 is 5.58. The Morgan fingerprint density at radius 1 is 1.26 bits per heavy atom. The van der Waals surface area contributed by atoms with Gasteiger partial charge in [-0.05, 0) is 55.3 Å². The first-order valence-electron chi connectivity index (χ1n) is 6.28. The van der Waals surface area contributed by atoms with E-state index in [-0.39, 0.29) is 12.1 Å². The molecule has 0 radical (unpaired) electrons. The predicted octanol–water partition coefficient (Wildman–Crippen LogP) is 3.69. The van der Waals surface area contributed by atoms with Crippen LogP contribution in [0.2, 0.25) is 0 Å². The van der Waals surface area contributed by atoms with Gasteiger partial charge in [-0.1, -0.05) is 0 Å². The second-order valence-electron chi connectivity index (χ2n) is 4.68. The monoisotopic (exact) mass is 277 g/mol. The Morgan fingerprint density at radius 3 is 2.68 bits per heavy atom. The van der Waals surface area contributed by atoms with Crippen LogP contribution < -0.4 is 15.8 Å². The van der Waals surface area contributed by atoms with Crippen LogP contribution in [-0.2, 0) is 0 Å². The minimum atomic E-state index is 0.0550. The van der Waals surface area contributed by atoms with E-state index in [9.17, 15) is 0 Å². The van der Waals surface area contributed by atoms with Gasteiger partial charge in [-0.3, -0.25) is 0 Å². The van der Waals surface area contributed by atoms with E-state index in [2.05, 4.69) is 34.1 Å². The molecule has 0 saturated heterocycles. The van der Waals surface area contributed by atoms with Gasteiger partial charge in [0.25, 0.3) is 0 Å². The molecule has 4 nitrogen and oxygen atoms in total. The van der Waals surface area contributed by atoms with Crippen LogP contribution in [0.3, 0.4) is 0 Å². The molecule has 0 aliphatic rings. The van der Waals surface area contributed by atoms with Gasteiger partial charge in [-0.15, -0.1) is 0 Å². The van der Waals surface area contributed by atoms with Gasteiger partial charge in [0.05, 0.1) is 17.8 Å². The summed E-state index contributed by atoms with van der Waals surface area (Å²) >= 11 is 1.69. The van der Waals surface area contributed by atoms with E-state index in [1.165, 1.54) is 5.56 Å². The average Bonchev–Trinajstić information content (AvgIpc) is 2.86. The van der Waals surface area contributed by atoms with E-state index >= 15 is 0 Å². The Labute approximate surface area is 117 Å². The van der Waals surface area contributed by atoms with Crippen LogP contribution in [0.15, 0.2) is 29.0 Å². The second-order valence-corrected chi connectivity index (χ2v) is 5.46. The number of rotatable bonds is 5. The van der Waals surface area contributed by atoms with Gasteiger partial charge < -0.3 is 15.8 Å². The summed E-state index contributed by atoms with van der Waals surface area (Å²) in [4.78, 5) is 4.41. The lowest BCUT2D eigenvalue weighted by Gasteiger charge is -2.16. The number of anilines is 2. The molecule has 0 aromatic carbocycles. The first-order valence-corrected chi connectivity index (χ1v) is 7.22. The van der Waals surface area contributed by atoms with Crippen molar-refractivity contribution >= 4 is 22.8 Å². The maximum atomic E-state index is 5.85. The number of aromatic nitrogens is 1. The Morgan fingerprint density at radius 2 is 2.05 bits per heavy atom. The van der Waals surface area contributed by atoms with Gasteiger partial charge in [0.1, 0.15) is 5.82 Å². The molecule has 2 rings (SSSR count). The first kappa shape index (κ1) is 13.7. The Balaban J connectivity index is 2.12. The van der Waals surface area contributed by atoms with Crippen molar-refractivity contribution in [3.05, 3.63) is 34.5 Å². The van der Waals surface area contributed by atoms with Crippen molar-refractivity contribution in [3.8, 4) is 5.88 Å². The number of pyridine rings is 1. The molecule has 102 valence electrons. The summed E-state index contributed by atoms with van der Waals surface area (Å²) in [5.41, 5.74) is 7.65. The molecule has 0 spiro atoms. The van der Waals surface area contributed by atoms with Crippen LogP contribution in [0.4, 0.5) is 11.5 Å². The van der Waals surface area contributed by atoms with E-state index in [0.717, 1.165) is 5.82 Å². The average molecular weight is 277 g/mol. The smallest absolute Gasteiger partial charge is 0.239 e. The summed E-state index contributed by atoms with van der Waals surface area (Å²) in [5, 5.41) is 7.54. The minimum Gasteiger partial charge on any atom is -0.473 e. The molecule has 2 heterocycles. The Hall–Kier alpha value is -1.75. The zero-order valence-electron chi connectivity index (χ0n) is 11.4. The van der Waals surface area contributed by atoms with Crippen molar-refractivity contribution in [2.24, 2.45) is 0 Å². The first-order chi connectivity index (χ1) is 9.06. The van der Waals surface area contributed by atoms with Crippen LogP contribution in [0.1, 0.15) is 32.4 Å². The van der Waals surface area contributed by atoms with Crippen molar-refractivity contribution in [2.45, 2.75) is 32.9 Å². The molecule has 1 atom stereocenters. The summed E-state index contributed by atoms with van der Waals surface area (Å²) in [6.45, 7) is 6.01. The molecule has 0 fully saturated rings. The van der Waals surface area contributed by atoms with Gasteiger partial charge in [-0.2, -0.15) is 16.3 Å². The Kier molecular flexibility index (Phi) is 4.27. The highest BCUT2D eigenvalue weighted by molar-refractivity contribution is 7.07. The summed E-state index contributed by atoms with van der Waals surface area (Å²) in [7, 11) is 0. The second kappa shape index (κ2) is 5.93. The molecule has 19 heavy (non-hydrogen) atoms. The third-order valence-electron chi connectivity index (χ3n) is 2.64. The lowest BCUT2D eigenvalue weighted by Crippen LogP contribution is -2.11. The van der Waals surface area contributed by atoms with Crippen LogP contribution in [-0.4, -0.2) is 11.1 Å². The van der Waals surface area contributed by atoms with Crippen molar-refractivity contribution < 1.29 is 4.74 Å². The number of nitrogen functional groups attached to an aromatic ring is 1. The van der Waals surface area contributed by atoms with Crippen molar-refractivity contribution in [1.29, 1.82) is 0 Å². The molecule has 1 unspecified atom stereocenters. The molecule has 2 aromatic rings. The molecule has 0 bridgehead atoms. The number of ether oxygens (including phenoxy) is 1. The molecule has 0 saturated carbocycles. The standard InChI is InChI=1S/C14H19N3OS/c1-9(2)18-14-12(15)4-5-13(17-14)16-10(3)11-6-7-19-8-11/h4-10H,15H2,1-3H3,(H,16,17).